The van der Waals surface area contributed by atoms with Crippen molar-refractivity contribution in [3.8, 4) is 0 Å². The highest BCUT2D eigenvalue weighted by molar-refractivity contribution is 5.64. The maximum atomic E-state index is 12.3. The lowest BCUT2D eigenvalue weighted by molar-refractivity contribution is -0.293. The second-order valence-electron chi connectivity index (χ2n) is 3.08. The number of amides is 1. The molecule has 0 unspecified atom stereocenters. The lowest BCUT2D eigenvalue weighted by atomic mass is 10.2. The molecule has 1 amide bonds. The van der Waals surface area contributed by atoms with E-state index in [0.29, 0.717) is 12.8 Å². The standard InChI is InChI=1S/C7H11F3N2O2/c8-7(9,10)12(6(13)14)11-4-2-1-3-5-11/h1-5H2,(H,13,14). The van der Waals surface area contributed by atoms with Crippen molar-refractivity contribution in [3.05, 3.63) is 0 Å². The molecule has 0 saturated carbocycles. The fraction of sp³-hybridized carbons (Fsp3) is 0.857. The number of rotatable bonds is 1. The molecule has 1 aliphatic rings. The van der Waals surface area contributed by atoms with Gasteiger partial charge in [0, 0.05) is 13.1 Å². The number of nitrogens with zero attached hydrogens (tertiary/aromatic N) is 2. The summed E-state index contributed by atoms with van der Waals surface area (Å²) in [5, 5.41) is 8.72. The summed E-state index contributed by atoms with van der Waals surface area (Å²) >= 11 is 0. The summed E-state index contributed by atoms with van der Waals surface area (Å²) in [6.45, 7) is 0.289. The normalized spacial score (nSPS) is 19.4. The SMILES string of the molecule is O=C(O)N(N1CCCCC1)C(F)(F)F. The summed E-state index contributed by atoms with van der Waals surface area (Å²) < 4.78 is 36.8. The number of alkyl halides is 3. The van der Waals surface area contributed by atoms with Gasteiger partial charge in [0.2, 0.25) is 0 Å². The van der Waals surface area contributed by atoms with E-state index in [0.717, 1.165) is 11.4 Å². The van der Waals surface area contributed by atoms with Gasteiger partial charge in [0.15, 0.2) is 0 Å². The predicted molar refractivity (Wildman–Crippen MR) is 41.3 cm³/mol. The molecule has 0 aromatic carbocycles. The maximum Gasteiger partial charge on any atom is 0.504 e. The summed E-state index contributed by atoms with van der Waals surface area (Å²) in [6, 6.07) is 0. The number of carboxylic acid groups (broad SMARTS) is 1. The molecule has 4 nitrogen and oxygen atoms in total. The average molecular weight is 212 g/mol. The van der Waals surface area contributed by atoms with Gasteiger partial charge in [-0.25, -0.2) is 9.80 Å². The Balaban J connectivity index is 2.71. The Hall–Kier alpha value is -0.980. The summed E-state index contributed by atoms with van der Waals surface area (Å²) in [5.41, 5.74) is 0. The molecule has 1 N–H and O–H groups in total. The van der Waals surface area contributed by atoms with Gasteiger partial charge in [-0.15, -0.1) is 18.2 Å². The topological polar surface area (TPSA) is 43.8 Å². The zero-order valence-corrected chi connectivity index (χ0v) is 7.42. The van der Waals surface area contributed by atoms with Crippen LogP contribution >= 0.6 is 0 Å². The van der Waals surface area contributed by atoms with Gasteiger partial charge < -0.3 is 5.11 Å². The Labute approximate surface area is 78.9 Å². The van der Waals surface area contributed by atoms with Crippen LogP contribution in [0.1, 0.15) is 19.3 Å². The number of halogens is 3. The van der Waals surface area contributed by atoms with Crippen molar-refractivity contribution in [2.75, 3.05) is 13.1 Å². The van der Waals surface area contributed by atoms with Crippen molar-refractivity contribution in [2.24, 2.45) is 0 Å². The molecule has 1 rings (SSSR count). The van der Waals surface area contributed by atoms with Crippen LogP contribution in [0.3, 0.4) is 0 Å². The molecule has 7 heteroatoms. The zero-order valence-electron chi connectivity index (χ0n) is 7.42. The average Bonchev–Trinajstić information content (AvgIpc) is 2.02. The minimum atomic E-state index is -4.84. The smallest absolute Gasteiger partial charge is 0.464 e. The lowest BCUT2D eigenvalue weighted by Crippen LogP contribution is -2.55. The van der Waals surface area contributed by atoms with Crippen molar-refractivity contribution in [1.29, 1.82) is 0 Å². The van der Waals surface area contributed by atoms with Gasteiger partial charge in [-0.05, 0) is 12.8 Å². The molecule has 0 spiro atoms. The quantitative estimate of drug-likeness (QED) is 0.675. The van der Waals surface area contributed by atoms with Crippen molar-refractivity contribution >= 4 is 6.09 Å². The summed E-state index contributed by atoms with van der Waals surface area (Å²) in [6.07, 6.45) is -4.77. The molecule has 1 fully saturated rings. The third-order valence-corrected chi connectivity index (χ3v) is 2.04. The van der Waals surface area contributed by atoms with Gasteiger partial charge in [0.05, 0.1) is 0 Å². The molecule has 14 heavy (non-hydrogen) atoms. The van der Waals surface area contributed by atoms with Crippen molar-refractivity contribution in [1.82, 2.24) is 10.0 Å². The summed E-state index contributed by atoms with van der Waals surface area (Å²) in [5.74, 6) is 0. The first-order chi connectivity index (χ1) is 6.43. The first-order valence-electron chi connectivity index (χ1n) is 4.27. The fourth-order valence-electron chi connectivity index (χ4n) is 1.47. The Kier molecular flexibility index (Phi) is 3.20. The fourth-order valence-corrected chi connectivity index (χ4v) is 1.47. The van der Waals surface area contributed by atoms with Crippen LogP contribution in [0.4, 0.5) is 18.0 Å². The van der Waals surface area contributed by atoms with Crippen LogP contribution in [-0.2, 0) is 0 Å². The third-order valence-electron chi connectivity index (χ3n) is 2.04. The molecule has 0 aliphatic carbocycles. The highest BCUT2D eigenvalue weighted by Gasteiger charge is 2.45. The summed E-state index contributed by atoms with van der Waals surface area (Å²) in [4.78, 5) is 10.4. The maximum absolute atomic E-state index is 12.3. The predicted octanol–water partition coefficient (Wildman–Crippen LogP) is 1.89. The monoisotopic (exact) mass is 212 g/mol. The second kappa shape index (κ2) is 4.04. The van der Waals surface area contributed by atoms with Crippen LogP contribution in [-0.4, -0.2) is 40.6 Å². The second-order valence-corrected chi connectivity index (χ2v) is 3.08. The van der Waals surface area contributed by atoms with Crippen LogP contribution in [0.2, 0.25) is 0 Å². The van der Waals surface area contributed by atoms with E-state index in [9.17, 15) is 18.0 Å². The number of hydrogen-bond acceptors (Lipinski definition) is 2. The van der Waals surface area contributed by atoms with Crippen LogP contribution in [0.25, 0.3) is 0 Å². The van der Waals surface area contributed by atoms with Crippen molar-refractivity contribution in [3.63, 3.8) is 0 Å². The van der Waals surface area contributed by atoms with Crippen LogP contribution in [0.5, 0.6) is 0 Å². The van der Waals surface area contributed by atoms with Gasteiger partial charge in [0.1, 0.15) is 0 Å². The largest absolute Gasteiger partial charge is 0.504 e. The Morgan fingerprint density at radius 3 is 2.07 bits per heavy atom. The number of hydrazine groups is 1. The highest BCUT2D eigenvalue weighted by atomic mass is 19.4. The molecule has 1 aliphatic heterocycles. The minimum absolute atomic E-state index is 0.145. The van der Waals surface area contributed by atoms with E-state index in [1.165, 1.54) is 0 Å². The zero-order chi connectivity index (χ0) is 10.8. The first kappa shape index (κ1) is 11.1. The molecule has 0 atom stereocenters. The van der Waals surface area contributed by atoms with Gasteiger partial charge >= 0.3 is 12.4 Å². The molecule has 0 aromatic heterocycles. The molecule has 82 valence electrons. The Bertz CT molecular complexity index is 213. The van der Waals surface area contributed by atoms with Crippen molar-refractivity contribution < 1.29 is 23.1 Å². The Morgan fingerprint density at radius 1 is 1.21 bits per heavy atom. The van der Waals surface area contributed by atoms with Gasteiger partial charge in [0.25, 0.3) is 0 Å². The molecule has 0 bridgehead atoms. The van der Waals surface area contributed by atoms with Gasteiger partial charge in [-0.2, -0.15) is 0 Å². The number of hydrogen-bond donors (Lipinski definition) is 1. The molecule has 0 aromatic rings. The van der Waals surface area contributed by atoms with E-state index in [1.54, 1.807) is 0 Å². The van der Waals surface area contributed by atoms with E-state index in [-0.39, 0.29) is 13.1 Å². The van der Waals surface area contributed by atoms with Gasteiger partial charge in [-0.1, -0.05) is 6.42 Å². The number of carbonyl (C=O) groups is 1. The number of piperidine rings is 1. The molecular weight excluding hydrogens is 201 g/mol. The van der Waals surface area contributed by atoms with Crippen LogP contribution in [0.15, 0.2) is 0 Å². The molecule has 0 radical (unpaired) electrons. The van der Waals surface area contributed by atoms with Gasteiger partial charge in [-0.3, -0.25) is 0 Å². The van der Waals surface area contributed by atoms with Crippen molar-refractivity contribution in [2.45, 2.75) is 25.6 Å². The highest BCUT2D eigenvalue weighted by Crippen LogP contribution is 2.25. The van der Waals surface area contributed by atoms with E-state index in [4.69, 9.17) is 5.11 Å². The van der Waals surface area contributed by atoms with E-state index in [1.807, 2.05) is 0 Å². The molecule has 1 heterocycles. The molecule has 1 saturated heterocycles. The lowest BCUT2D eigenvalue weighted by Gasteiger charge is -2.35. The Morgan fingerprint density at radius 2 is 1.71 bits per heavy atom. The van der Waals surface area contributed by atoms with Crippen LogP contribution in [0, 0.1) is 0 Å². The third kappa shape index (κ3) is 2.50. The van der Waals surface area contributed by atoms with E-state index >= 15 is 0 Å². The summed E-state index contributed by atoms with van der Waals surface area (Å²) in [7, 11) is 0. The minimum Gasteiger partial charge on any atom is -0.464 e. The first-order valence-corrected chi connectivity index (χ1v) is 4.27. The van der Waals surface area contributed by atoms with Crippen LogP contribution < -0.4 is 0 Å². The molecular formula is C7H11F3N2O2. The van der Waals surface area contributed by atoms with E-state index < -0.39 is 17.4 Å². The van der Waals surface area contributed by atoms with E-state index in [2.05, 4.69) is 0 Å².